The van der Waals surface area contributed by atoms with Crippen LogP contribution in [0.4, 0.5) is 0 Å². The van der Waals surface area contributed by atoms with Gasteiger partial charge in [0.15, 0.2) is 0 Å². The molecule has 0 aliphatic carbocycles. The molecule has 0 saturated heterocycles. The van der Waals surface area contributed by atoms with Crippen LogP contribution >= 0.6 is 0 Å². The summed E-state index contributed by atoms with van der Waals surface area (Å²) in [6.45, 7) is 4.23. The van der Waals surface area contributed by atoms with Crippen molar-refractivity contribution in [3.8, 4) is 5.75 Å². The van der Waals surface area contributed by atoms with Gasteiger partial charge in [0.1, 0.15) is 5.75 Å². The molecule has 0 atom stereocenters. The van der Waals surface area contributed by atoms with Crippen LogP contribution in [0, 0.1) is 0 Å². The average molecular weight is 326 g/mol. The van der Waals surface area contributed by atoms with Gasteiger partial charge in [-0.2, -0.15) is 0 Å². The molecular formula is C19H18O5. The molecule has 0 amide bonds. The Hall–Kier alpha value is -2.95. The Labute approximate surface area is 140 Å². The molecule has 0 unspecified atom stereocenters. The van der Waals surface area contributed by atoms with E-state index in [0.29, 0.717) is 12.4 Å². The van der Waals surface area contributed by atoms with Gasteiger partial charge in [-0.15, -0.1) is 0 Å². The molecule has 5 nitrogen and oxygen atoms in total. The van der Waals surface area contributed by atoms with E-state index in [1.807, 2.05) is 6.92 Å². The molecule has 2 aromatic carbocycles. The Balaban J connectivity index is 2.28. The van der Waals surface area contributed by atoms with E-state index in [-0.39, 0.29) is 23.3 Å². The summed E-state index contributed by atoms with van der Waals surface area (Å²) in [5, 5.41) is 0. The fourth-order valence-corrected chi connectivity index (χ4v) is 2.19. The fourth-order valence-electron chi connectivity index (χ4n) is 2.19. The van der Waals surface area contributed by atoms with Crippen molar-refractivity contribution in [2.45, 2.75) is 13.8 Å². The summed E-state index contributed by atoms with van der Waals surface area (Å²) < 4.78 is 10.2. The van der Waals surface area contributed by atoms with E-state index in [2.05, 4.69) is 0 Å². The van der Waals surface area contributed by atoms with Crippen LogP contribution in [-0.4, -0.2) is 30.7 Å². The minimum absolute atomic E-state index is 0.0369. The maximum atomic E-state index is 12.5. The summed E-state index contributed by atoms with van der Waals surface area (Å²) in [5.41, 5.74) is 0.362. The van der Waals surface area contributed by atoms with Gasteiger partial charge in [-0.25, -0.2) is 4.79 Å². The third-order valence-corrected chi connectivity index (χ3v) is 3.30. The maximum Gasteiger partial charge on any atom is 0.338 e. The van der Waals surface area contributed by atoms with Crippen LogP contribution in [0.5, 0.6) is 5.75 Å². The molecule has 0 heterocycles. The first-order chi connectivity index (χ1) is 11.6. The highest BCUT2D eigenvalue weighted by molar-refractivity contribution is 6.50. The largest absolute Gasteiger partial charge is 0.494 e. The Morgan fingerprint density at radius 1 is 0.792 bits per heavy atom. The second-order valence-electron chi connectivity index (χ2n) is 4.88. The minimum Gasteiger partial charge on any atom is -0.494 e. The van der Waals surface area contributed by atoms with E-state index in [9.17, 15) is 14.4 Å². The Morgan fingerprint density at radius 2 is 1.42 bits per heavy atom. The predicted molar refractivity (Wildman–Crippen MR) is 88.7 cm³/mol. The second-order valence-corrected chi connectivity index (χ2v) is 4.88. The van der Waals surface area contributed by atoms with Crippen LogP contribution in [0.3, 0.4) is 0 Å². The summed E-state index contributed by atoms with van der Waals surface area (Å²) in [6.07, 6.45) is 0. The molecule has 124 valence electrons. The summed E-state index contributed by atoms with van der Waals surface area (Å²) in [5.74, 6) is -1.44. The summed E-state index contributed by atoms with van der Waals surface area (Å²) in [4.78, 5) is 36.8. The first-order valence-corrected chi connectivity index (χ1v) is 7.66. The van der Waals surface area contributed by atoms with Gasteiger partial charge in [0.25, 0.3) is 0 Å². The first kappa shape index (κ1) is 17.4. The molecule has 0 bridgehead atoms. The van der Waals surface area contributed by atoms with Crippen LogP contribution < -0.4 is 4.74 Å². The number of hydrogen-bond acceptors (Lipinski definition) is 5. The van der Waals surface area contributed by atoms with Gasteiger partial charge in [-0.05, 0) is 44.2 Å². The molecular weight excluding hydrogens is 308 g/mol. The number of carbonyl (C=O) groups is 3. The lowest BCUT2D eigenvalue weighted by atomic mass is 9.97. The molecule has 24 heavy (non-hydrogen) atoms. The van der Waals surface area contributed by atoms with E-state index in [0.717, 1.165) is 0 Å². The van der Waals surface area contributed by atoms with Crippen molar-refractivity contribution in [1.82, 2.24) is 0 Å². The van der Waals surface area contributed by atoms with Crippen LogP contribution in [-0.2, 0) is 4.74 Å². The molecule has 0 radical (unpaired) electrons. The molecule has 0 N–H and O–H groups in total. The smallest absolute Gasteiger partial charge is 0.338 e. The lowest BCUT2D eigenvalue weighted by molar-refractivity contribution is 0.0523. The molecule has 2 rings (SSSR count). The zero-order chi connectivity index (χ0) is 17.5. The zero-order valence-electron chi connectivity index (χ0n) is 13.6. The van der Waals surface area contributed by atoms with Gasteiger partial charge >= 0.3 is 5.97 Å². The third-order valence-electron chi connectivity index (χ3n) is 3.30. The van der Waals surface area contributed by atoms with Crippen molar-refractivity contribution in [2.75, 3.05) is 13.2 Å². The molecule has 0 aliphatic rings. The monoisotopic (exact) mass is 326 g/mol. The van der Waals surface area contributed by atoms with Crippen molar-refractivity contribution in [2.24, 2.45) is 0 Å². The molecule has 0 spiro atoms. The predicted octanol–water partition coefficient (Wildman–Crippen LogP) is 3.33. The van der Waals surface area contributed by atoms with E-state index in [4.69, 9.17) is 9.47 Å². The van der Waals surface area contributed by atoms with Crippen LogP contribution in [0.1, 0.15) is 44.9 Å². The van der Waals surface area contributed by atoms with Gasteiger partial charge in [-0.1, -0.05) is 18.2 Å². The highest BCUT2D eigenvalue weighted by atomic mass is 16.5. The van der Waals surface area contributed by atoms with Crippen molar-refractivity contribution >= 4 is 17.5 Å². The average Bonchev–Trinajstić information content (AvgIpc) is 2.61. The zero-order valence-corrected chi connectivity index (χ0v) is 13.6. The Morgan fingerprint density at radius 3 is 2.00 bits per heavy atom. The van der Waals surface area contributed by atoms with Crippen molar-refractivity contribution < 1.29 is 23.9 Å². The second kappa shape index (κ2) is 8.06. The Bertz CT molecular complexity index is 747. The highest BCUT2D eigenvalue weighted by Gasteiger charge is 2.24. The normalized spacial score (nSPS) is 10.1. The van der Waals surface area contributed by atoms with Crippen LogP contribution in [0.25, 0.3) is 0 Å². The molecule has 0 aliphatic heterocycles. The highest BCUT2D eigenvalue weighted by Crippen LogP contribution is 2.17. The topological polar surface area (TPSA) is 69.7 Å². The summed E-state index contributed by atoms with van der Waals surface area (Å²) >= 11 is 0. The standard InChI is InChI=1S/C19H18O5/c1-3-23-14-11-9-13(10-12-14)17(20)18(21)15-7-5-6-8-16(15)19(22)24-4-2/h5-12H,3-4H2,1-2H3. The molecule has 0 aromatic heterocycles. The minimum atomic E-state index is -0.747. The first-order valence-electron chi connectivity index (χ1n) is 7.66. The number of esters is 1. The Kier molecular flexibility index (Phi) is 5.84. The number of ketones is 2. The third kappa shape index (κ3) is 3.87. The summed E-state index contributed by atoms with van der Waals surface area (Å²) in [6, 6.07) is 12.4. The van der Waals surface area contributed by atoms with Gasteiger partial charge in [0.05, 0.1) is 18.8 Å². The van der Waals surface area contributed by atoms with Crippen molar-refractivity contribution in [3.05, 3.63) is 65.2 Å². The number of ether oxygens (including phenoxy) is 2. The molecule has 2 aromatic rings. The van der Waals surface area contributed by atoms with Gasteiger partial charge < -0.3 is 9.47 Å². The molecule has 0 saturated carbocycles. The van der Waals surface area contributed by atoms with Crippen LogP contribution in [0.2, 0.25) is 0 Å². The van der Waals surface area contributed by atoms with Gasteiger partial charge in [0, 0.05) is 11.1 Å². The van der Waals surface area contributed by atoms with E-state index in [1.165, 1.54) is 24.3 Å². The van der Waals surface area contributed by atoms with Gasteiger partial charge in [0.2, 0.25) is 11.6 Å². The van der Waals surface area contributed by atoms with E-state index >= 15 is 0 Å². The van der Waals surface area contributed by atoms with E-state index in [1.54, 1.807) is 31.2 Å². The number of benzene rings is 2. The lowest BCUT2D eigenvalue weighted by Crippen LogP contribution is -2.19. The molecule has 5 heteroatoms. The number of Topliss-reactive ketones (excluding diaryl/α,β-unsaturated/α-hetero) is 2. The van der Waals surface area contributed by atoms with E-state index < -0.39 is 17.5 Å². The number of hydrogen-bond donors (Lipinski definition) is 0. The lowest BCUT2D eigenvalue weighted by Gasteiger charge is -2.08. The maximum absolute atomic E-state index is 12.5. The number of rotatable bonds is 7. The van der Waals surface area contributed by atoms with Crippen molar-refractivity contribution in [1.29, 1.82) is 0 Å². The molecule has 0 fully saturated rings. The number of carbonyl (C=O) groups excluding carboxylic acids is 3. The van der Waals surface area contributed by atoms with Crippen LogP contribution in [0.15, 0.2) is 48.5 Å². The van der Waals surface area contributed by atoms with Gasteiger partial charge in [-0.3, -0.25) is 9.59 Å². The van der Waals surface area contributed by atoms with Crippen molar-refractivity contribution in [3.63, 3.8) is 0 Å². The quantitative estimate of drug-likeness (QED) is 0.443. The summed E-state index contributed by atoms with van der Waals surface area (Å²) in [7, 11) is 0. The fraction of sp³-hybridized carbons (Fsp3) is 0.211. The SMILES string of the molecule is CCOC(=O)c1ccccc1C(=O)C(=O)c1ccc(OCC)cc1.